The Hall–Kier alpha value is -2.46. The minimum Gasteiger partial charge on any atom is -1.00 e. The second kappa shape index (κ2) is 21.7. The lowest BCUT2D eigenvalue weighted by Crippen LogP contribution is -3.00. The zero-order valence-electron chi connectivity index (χ0n) is 33.6. The van der Waals surface area contributed by atoms with E-state index in [9.17, 15) is 14.7 Å². The predicted octanol–water partition coefficient (Wildman–Crippen LogP) is 7.44. The number of amides is 1. The standard InChI is InChI=1S/C46H66ClN2O4.HI/c1-6-7-8-9-10-11-12-13-14-21-30-44(2,3)43(51)53-37-49(34-31-45(52,32-35-49)38-26-28-41(47)29-27-38)36-33-46(42(50)48(4)5,39-22-17-15-18-23-39)40-24-19-16-20-25-40;/h15-20,22-29,52H,6-14,21,30-37H2,1-5H3;1H/q+1;/p-1. The van der Waals surface area contributed by atoms with Crippen LogP contribution in [-0.2, 0) is 25.3 Å². The maximum Gasteiger partial charge on any atom is 0.315 e. The van der Waals surface area contributed by atoms with Gasteiger partial charge in [0.15, 0.2) is 0 Å². The number of ether oxygens (including phenoxy) is 1. The van der Waals surface area contributed by atoms with Gasteiger partial charge < -0.3 is 38.7 Å². The Morgan fingerprint density at radius 2 is 1.24 bits per heavy atom. The molecule has 0 saturated carbocycles. The zero-order valence-corrected chi connectivity index (χ0v) is 36.5. The highest BCUT2D eigenvalue weighted by atomic mass is 127. The Bertz CT molecular complexity index is 1500. The average molecular weight is 873 g/mol. The Balaban J connectivity index is 0.00000784. The Kier molecular flexibility index (Phi) is 18.5. The topological polar surface area (TPSA) is 66.8 Å². The first-order valence-corrected chi connectivity index (χ1v) is 20.6. The third-order valence-corrected chi connectivity index (χ3v) is 12.1. The van der Waals surface area contributed by atoms with E-state index in [0.29, 0.717) is 48.4 Å². The molecule has 0 radical (unpaired) electrons. The van der Waals surface area contributed by atoms with E-state index < -0.39 is 16.4 Å². The minimum absolute atomic E-state index is 0. The maximum absolute atomic E-state index is 14.5. The number of esters is 1. The van der Waals surface area contributed by atoms with Crippen molar-refractivity contribution in [1.82, 2.24) is 4.90 Å². The van der Waals surface area contributed by atoms with Gasteiger partial charge in [0.1, 0.15) is 11.0 Å². The molecule has 1 saturated heterocycles. The first-order valence-electron chi connectivity index (χ1n) is 20.2. The normalized spacial score (nSPS) is 18.8. The molecule has 0 aliphatic carbocycles. The van der Waals surface area contributed by atoms with E-state index in [1.165, 1.54) is 51.4 Å². The number of piperidine rings is 1. The van der Waals surface area contributed by atoms with Gasteiger partial charge in [0.2, 0.25) is 12.6 Å². The van der Waals surface area contributed by atoms with Crippen LogP contribution in [-0.4, -0.2) is 66.8 Å². The molecule has 1 fully saturated rings. The van der Waals surface area contributed by atoms with Gasteiger partial charge in [0.25, 0.3) is 0 Å². The van der Waals surface area contributed by atoms with Crippen LogP contribution in [0.5, 0.6) is 0 Å². The van der Waals surface area contributed by atoms with E-state index in [-0.39, 0.29) is 42.6 Å². The number of unbranched alkanes of at least 4 members (excludes halogenated alkanes) is 9. The molecule has 0 aromatic heterocycles. The third-order valence-electron chi connectivity index (χ3n) is 11.8. The number of rotatable bonds is 21. The highest BCUT2D eigenvalue weighted by Crippen LogP contribution is 2.41. The van der Waals surface area contributed by atoms with Crippen molar-refractivity contribution >= 4 is 23.5 Å². The molecule has 0 atom stereocenters. The molecule has 54 heavy (non-hydrogen) atoms. The van der Waals surface area contributed by atoms with Crippen molar-refractivity contribution < 1.29 is 47.9 Å². The lowest BCUT2D eigenvalue weighted by Gasteiger charge is -2.48. The molecule has 1 amide bonds. The molecule has 3 aromatic rings. The van der Waals surface area contributed by atoms with Gasteiger partial charge in [-0.2, -0.15) is 0 Å². The summed E-state index contributed by atoms with van der Waals surface area (Å²) < 4.78 is 6.78. The summed E-state index contributed by atoms with van der Waals surface area (Å²) in [5.74, 6) is -0.163. The average Bonchev–Trinajstić information content (AvgIpc) is 3.17. The quantitative estimate of drug-likeness (QED) is 0.0524. The van der Waals surface area contributed by atoms with Crippen LogP contribution in [0.25, 0.3) is 0 Å². The molecule has 4 rings (SSSR count). The first kappa shape index (κ1) is 45.9. The van der Waals surface area contributed by atoms with E-state index in [2.05, 4.69) is 6.92 Å². The van der Waals surface area contributed by atoms with Crippen molar-refractivity contribution in [1.29, 1.82) is 0 Å². The predicted molar refractivity (Wildman–Crippen MR) is 218 cm³/mol. The van der Waals surface area contributed by atoms with Gasteiger partial charge in [-0.15, -0.1) is 0 Å². The fraction of sp³-hybridized carbons (Fsp3) is 0.565. The monoisotopic (exact) mass is 872 g/mol. The van der Waals surface area contributed by atoms with Crippen molar-refractivity contribution in [3.8, 4) is 0 Å². The van der Waals surface area contributed by atoms with Crippen molar-refractivity contribution in [2.45, 2.75) is 122 Å². The molecular formula is C46H66ClIN2O4. The van der Waals surface area contributed by atoms with Gasteiger partial charge in [0, 0.05) is 38.4 Å². The summed E-state index contributed by atoms with van der Waals surface area (Å²) in [7, 11) is 3.64. The Morgan fingerprint density at radius 1 is 0.759 bits per heavy atom. The van der Waals surface area contributed by atoms with E-state index >= 15 is 0 Å². The van der Waals surface area contributed by atoms with Gasteiger partial charge >= 0.3 is 5.97 Å². The summed E-state index contributed by atoms with van der Waals surface area (Å²) in [6, 6.07) is 27.6. The summed E-state index contributed by atoms with van der Waals surface area (Å²) in [5, 5.41) is 12.6. The van der Waals surface area contributed by atoms with Crippen molar-refractivity contribution in [2.75, 3.05) is 40.5 Å². The number of carbonyl (C=O) groups is 2. The zero-order chi connectivity index (χ0) is 38.4. The van der Waals surface area contributed by atoms with Crippen LogP contribution in [0.4, 0.5) is 0 Å². The fourth-order valence-electron chi connectivity index (χ4n) is 8.14. The summed E-state index contributed by atoms with van der Waals surface area (Å²) >= 11 is 6.20. The molecule has 0 spiro atoms. The maximum atomic E-state index is 14.5. The van der Waals surface area contributed by atoms with Crippen molar-refractivity contribution in [2.24, 2.45) is 5.41 Å². The van der Waals surface area contributed by atoms with Crippen LogP contribution in [0.3, 0.4) is 0 Å². The van der Waals surface area contributed by atoms with Crippen LogP contribution in [0.2, 0.25) is 5.02 Å². The van der Waals surface area contributed by atoms with Crippen LogP contribution in [0.1, 0.15) is 127 Å². The van der Waals surface area contributed by atoms with Crippen LogP contribution >= 0.6 is 11.6 Å². The Labute approximate surface area is 348 Å². The largest absolute Gasteiger partial charge is 1.00 e. The smallest absolute Gasteiger partial charge is 0.315 e. The van der Waals surface area contributed by atoms with E-state index in [1.54, 1.807) is 4.90 Å². The lowest BCUT2D eigenvalue weighted by atomic mass is 9.70. The number of hydrogen-bond donors (Lipinski definition) is 1. The number of aliphatic hydroxyl groups is 1. The van der Waals surface area contributed by atoms with Crippen molar-refractivity contribution in [3.63, 3.8) is 0 Å². The summed E-state index contributed by atoms with van der Waals surface area (Å²) in [6.07, 6.45) is 14.9. The first-order chi connectivity index (χ1) is 25.4. The van der Waals surface area contributed by atoms with Gasteiger partial charge in [0.05, 0.1) is 25.0 Å². The van der Waals surface area contributed by atoms with E-state index in [1.807, 2.05) is 113 Å². The minimum atomic E-state index is -1.01. The third kappa shape index (κ3) is 12.3. The number of carbonyl (C=O) groups excluding carboxylic acids is 2. The summed E-state index contributed by atoms with van der Waals surface area (Å²) in [5.41, 5.74) is 0.170. The van der Waals surface area contributed by atoms with E-state index in [0.717, 1.165) is 36.0 Å². The number of likely N-dealkylation sites (tertiary alicyclic amines) is 1. The van der Waals surface area contributed by atoms with Gasteiger partial charge in [-0.25, -0.2) is 0 Å². The van der Waals surface area contributed by atoms with Crippen LogP contribution < -0.4 is 24.0 Å². The number of halogens is 2. The number of hydrogen-bond acceptors (Lipinski definition) is 4. The molecule has 1 aliphatic rings. The molecule has 0 unspecified atom stereocenters. The van der Waals surface area contributed by atoms with E-state index in [4.69, 9.17) is 16.3 Å². The molecule has 3 aromatic carbocycles. The molecule has 1 heterocycles. The van der Waals surface area contributed by atoms with Crippen LogP contribution in [0, 0.1) is 5.41 Å². The number of nitrogens with zero attached hydrogens (tertiary/aromatic N) is 2. The molecule has 0 bridgehead atoms. The molecule has 298 valence electrons. The molecule has 8 heteroatoms. The summed E-state index contributed by atoms with van der Waals surface area (Å²) in [6.45, 7) is 8.26. The Morgan fingerprint density at radius 3 is 1.72 bits per heavy atom. The number of likely N-dealkylation sites (N-methyl/N-ethyl adjacent to an activating group) is 1. The molecule has 1 N–H and O–H groups in total. The molecule has 1 aliphatic heterocycles. The summed E-state index contributed by atoms with van der Waals surface area (Å²) in [4.78, 5) is 30.0. The van der Waals surface area contributed by atoms with Gasteiger partial charge in [-0.1, -0.05) is 156 Å². The van der Waals surface area contributed by atoms with Crippen LogP contribution in [0.15, 0.2) is 84.9 Å². The van der Waals surface area contributed by atoms with Gasteiger partial charge in [-0.05, 0) is 49.1 Å². The second-order valence-corrected chi connectivity index (χ2v) is 17.0. The highest BCUT2D eigenvalue weighted by molar-refractivity contribution is 6.30. The molecule has 6 nitrogen and oxygen atoms in total. The highest BCUT2D eigenvalue weighted by Gasteiger charge is 2.49. The second-order valence-electron chi connectivity index (χ2n) is 16.5. The number of benzene rings is 3. The van der Waals surface area contributed by atoms with Gasteiger partial charge in [-0.3, -0.25) is 14.1 Å². The lowest BCUT2D eigenvalue weighted by molar-refractivity contribution is -0.950. The number of quaternary nitrogens is 1. The van der Waals surface area contributed by atoms with Crippen molar-refractivity contribution in [3.05, 3.63) is 107 Å². The SMILES string of the molecule is CCCCCCCCCCCCC(C)(C)C(=O)OC[N+]1(CCC(C(=O)N(C)C)(c2ccccc2)c2ccccc2)CCC(O)(c2ccc(Cl)cc2)CC1.[I-]. The molecular weight excluding hydrogens is 807 g/mol. The fourth-order valence-corrected chi connectivity index (χ4v) is 8.26.